The van der Waals surface area contributed by atoms with Crippen molar-refractivity contribution in [2.24, 2.45) is 5.92 Å². The molecule has 0 saturated carbocycles. The van der Waals surface area contributed by atoms with Crippen molar-refractivity contribution in [3.8, 4) is 22.9 Å². The lowest BCUT2D eigenvalue weighted by atomic mass is 9.93. The van der Waals surface area contributed by atoms with Crippen LogP contribution in [0.15, 0.2) is 61.1 Å². The van der Waals surface area contributed by atoms with Gasteiger partial charge in [0.1, 0.15) is 5.75 Å². The number of carbonyl (C=O) groups is 1. The molecule has 8 heteroatoms. The third kappa shape index (κ3) is 5.70. The first-order chi connectivity index (χ1) is 17.5. The van der Waals surface area contributed by atoms with Gasteiger partial charge in [-0.3, -0.25) is 14.9 Å². The summed E-state index contributed by atoms with van der Waals surface area (Å²) in [6.45, 7) is 4.79. The van der Waals surface area contributed by atoms with E-state index in [0.29, 0.717) is 23.5 Å². The SMILES string of the molecule is CCOc1cc(C(=O)NC)ccc1-c1cccc(C#N)c1.CN1CC(Cc2cncc3cn[nH]c23)C1. The Morgan fingerprint density at radius 2 is 2.06 bits per heavy atom. The van der Waals surface area contributed by atoms with Gasteiger partial charge in [-0.05, 0) is 67.8 Å². The van der Waals surface area contributed by atoms with E-state index in [4.69, 9.17) is 10.00 Å². The van der Waals surface area contributed by atoms with Crippen LogP contribution < -0.4 is 10.1 Å². The largest absolute Gasteiger partial charge is 0.493 e. The third-order valence-electron chi connectivity index (χ3n) is 6.16. The Kier molecular flexibility index (Phi) is 7.93. The van der Waals surface area contributed by atoms with Crippen LogP contribution in [0.4, 0.5) is 0 Å². The summed E-state index contributed by atoms with van der Waals surface area (Å²) in [7, 11) is 3.75. The minimum Gasteiger partial charge on any atom is -0.493 e. The maximum absolute atomic E-state index is 11.7. The lowest BCUT2D eigenvalue weighted by Gasteiger charge is -2.36. The number of nitriles is 1. The molecule has 0 aliphatic carbocycles. The fourth-order valence-electron chi connectivity index (χ4n) is 4.42. The molecule has 0 atom stereocenters. The van der Waals surface area contributed by atoms with Gasteiger partial charge in [-0.2, -0.15) is 10.4 Å². The van der Waals surface area contributed by atoms with Crippen molar-refractivity contribution in [1.29, 1.82) is 5.26 Å². The van der Waals surface area contributed by atoms with Gasteiger partial charge < -0.3 is 15.0 Å². The minimum atomic E-state index is -0.159. The van der Waals surface area contributed by atoms with Gasteiger partial charge in [0.25, 0.3) is 5.91 Å². The number of ether oxygens (including phenoxy) is 1. The number of H-pyrrole nitrogens is 1. The van der Waals surface area contributed by atoms with Crippen LogP contribution in [0, 0.1) is 17.2 Å². The summed E-state index contributed by atoms with van der Waals surface area (Å²) in [5, 5.41) is 19.8. The van der Waals surface area contributed by atoms with Gasteiger partial charge in [-0.25, -0.2) is 0 Å². The number of nitrogens with one attached hydrogen (secondary N) is 2. The Balaban J connectivity index is 0.000000178. The Morgan fingerprint density at radius 1 is 1.22 bits per heavy atom. The molecule has 5 rings (SSSR count). The molecule has 36 heavy (non-hydrogen) atoms. The maximum atomic E-state index is 11.7. The van der Waals surface area contributed by atoms with E-state index in [9.17, 15) is 4.79 Å². The van der Waals surface area contributed by atoms with Gasteiger partial charge >= 0.3 is 0 Å². The van der Waals surface area contributed by atoms with E-state index < -0.39 is 0 Å². The number of pyridine rings is 1. The smallest absolute Gasteiger partial charge is 0.251 e. The lowest BCUT2D eigenvalue weighted by molar-refractivity contribution is 0.0962. The highest BCUT2D eigenvalue weighted by Crippen LogP contribution is 2.31. The zero-order valence-electron chi connectivity index (χ0n) is 20.8. The molecule has 4 aromatic rings. The first-order valence-corrected chi connectivity index (χ1v) is 12.0. The number of fused-ring (bicyclic) bond motifs is 1. The van der Waals surface area contributed by atoms with Crippen molar-refractivity contribution in [3.05, 3.63) is 77.7 Å². The molecule has 3 heterocycles. The van der Waals surface area contributed by atoms with Crippen molar-refractivity contribution >= 4 is 16.8 Å². The van der Waals surface area contributed by atoms with Gasteiger partial charge in [0.2, 0.25) is 0 Å². The molecule has 184 valence electrons. The van der Waals surface area contributed by atoms with Gasteiger partial charge in [0, 0.05) is 49.0 Å². The number of carbonyl (C=O) groups excluding carboxylic acids is 1. The third-order valence-corrected chi connectivity index (χ3v) is 6.16. The summed E-state index contributed by atoms with van der Waals surface area (Å²) in [6.07, 6.45) is 6.75. The molecule has 0 unspecified atom stereocenters. The van der Waals surface area contributed by atoms with Gasteiger partial charge in [-0.15, -0.1) is 0 Å². The fraction of sp³-hybridized carbons (Fsp3) is 0.286. The fourth-order valence-corrected chi connectivity index (χ4v) is 4.42. The van der Waals surface area contributed by atoms with Crippen LogP contribution in [-0.4, -0.2) is 59.8 Å². The predicted octanol–water partition coefficient (Wildman–Crippen LogP) is 4.05. The van der Waals surface area contributed by atoms with Crippen molar-refractivity contribution in [3.63, 3.8) is 0 Å². The summed E-state index contributed by atoms with van der Waals surface area (Å²) >= 11 is 0. The van der Waals surface area contributed by atoms with Gasteiger partial charge in [0.05, 0.1) is 30.0 Å². The Hall–Kier alpha value is -4.22. The maximum Gasteiger partial charge on any atom is 0.251 e. The molecule has 2 aromatic carbocycles. The second-order valence-electron chi connectivity index (χ2n) is 8.84. The second-order valence-corrected chi connectivity index (χ2v) is 8.84. The standard InChI is InChI=1S/C17H16N2O2.C11H14N4/c1-3-21-16-10-14(17(20)19-2)7-8-15(16)13-6-4-5-12(9-13)11-18;1-15-6-8(7-15)2-9-3-12-4-10-5-13-14-11(9)10/h4-10H,3H2,1-2H3,(H,19,20);3-5,8H,2,6-7H2,1H3,(H,13,14). The first kappa shape index (κ1) is 24.9. The van der Waals surface area contributed by atoms with Crippen molar-refractivity contribution in [2.75, 3.05) is 33.8 Å². The average molecular weight is 483 g/mol. The van der Waals surface area contributed by atoms with Crippen LogP contribution in [0.25, 0.3) is 22.0 Å². The molecule has 1 saturated heterocycles. The van der Waals surface area contributed by atoms with E-state index in [-0.39, 0.29) is 5.91 Å². The number of amides is 1. The predicted molar refractivity (Wildman–Crippen MR) is 140 cm³/mol. The van der Waals surface area contributed by atoms with E-state index in [1.807, 2.05) is 43.7 Å². The Bertz CT molecular complexity index is 1380. The molecular formula is C28H30N6O2. The molecular weight excluding hydrogens is 452 g/mol. The number of hydrogen-bond donors (Lipinski definition) is 2. The Morgan fingerprint density at radius 3 is 2.78 bits per heavy atom. The molecule has 2 N–H and O–H groups in total. The van der Waals surface area contributed by atoms with Crippen LogP contribution >= 0.6 is 0 Å². The minimum absolute atomic E-state index is 0.159. The van der Waals surface area contributed by atoms with Crippen LogP contribution in [0.1, 0.15) is 28.4 Å². The normalized spacial score (nSPS) is 13.3. The molecule has 1 fully saturated rings. The van der Waals surface area contributed by atoms with E-state index in [0.717, 1.165) is 34.4 Å². The number of benzene rings is 2. The number of likely N-dealkylation sites (tertiary alicyclic amines) is 1. The summed E-state index contributed by atoms with van der Waals surface area (Å²) in [4.78, 5) is 18.3. The molecule has 0 spiro atoms. The highest BCUT2D eigenvalue weighted by atomic mass is 16.5. The molecule has 1 aliphatic rings. The summed E-state index contributed by atoms with van der Waals surface area (Å²) in [5.74, 6) is 1.26. The lowest BCUT2D eigenvalue weighted by Crippen LogP contribution is -2.44. The number of hydrogen-bond acceptors (Lipinski definition) is 6. The molecule has 1 aliphatic heterocycles. The van der Waals surface area contributed by atoms with Crippen LogP contribution in [-0.2, 0) is 6.42 Å². The second kappa shape index (κ2) is 11.5. The van der Waals surface area contributed by atoms with Gasteiger partial charge in [0.15, 0.2) is 0 Å². The first-order valence-electron chi connectivity index (χ1n) is 12.0. The summed E-state index contributed by atoms with van der Waals surface area (Å²) < 4.78 is 5.64. The quantitative estimate of drug-likeness (QED) is 0.429. The van der Waals surface area contributed by atoms with E-state index >= 15 is 0 Å². The molecule has 8 nitrogen and oxygen atoms in total. The zero-order chi connectivity index (χ0) is 25.5. The van der Waals surface area contributed by atoms with E-state index in [2.05, 4.69) is 38.5 Å². The van der Waals surface area contributed by atoms with Crippen molar-refractivity contribution in [2.45, 2.75) is 13.3 Å². The highest BCUT2D eigenvalue weighted by Gasteiger charge is 2.24. The van der Waals surface area contributed by atoms with E-state index in [1.165, 1.54) is 18.7 Å². The average Bonchev–Trinajstić information content (AvgIpc) is 3.38. The number of aromatic nitrogens is 3. The van der Waals surface area contributed by atoms with Crippen LogP contribution in [0.2, 0.25) is 0 Å². The molecule has 2 aromatic heterocycles. The van der Waals surface area contributed by atoms with Crippen molar-refractivity contribution < 1.29 is 9.53 Å². The van der Waals surface area contributed by atoms with Crippen LogP contribution in [0.3, 0.4) is 0 Å². The Labute approximate surface area is 210 Å². The van der Waals surface area contributed by atoms with E-state index in [1.54, 1.807) is 31.3 Å². The monoisotopic (exact) mass is 482 g/mol. The zero-order valence-corrected chi connectivity index (χ0v) is 20.8. The number of nitrogens with zero attached hydrogens (tertiary/aromatic N) is 4. The summed E-state index contributed by atoms with van der Waals surface area (Å²) in [6, 6.07) is 14.7. The topological polar surface area (TPSA) is 107 Å². The van der Waals surface area contributed by atoms with Crippen LogP contribution in [0.5, 0.6) is 5.75 Å². The van der Waals surface area contributed by atoms with Crippen molar-refractivity contribution in [1.82, 2.24) is 25.4 Å². The summed E-state index contributed by atoms with van der Waals surface area (Å²) in [5.41, 5.74) is 5.33. The molecule has 1 amide bonds. The molecule has 0 radical (unpaired) electrons. The highest BCUT2D eigenvalue weighted by molar-refractivity contribution is 5.95. The van der Waals surface area contributed by atoms with Gasteiger partial charge in [-0.1, -0.05) is 12.1 Å². The number of rotatable bonds is 6. The molecule has 0 bridgehead atoms. The number of aromatic amines is 1.